The van der Waals surface area contributed by atoms with Crippen molar-refractivity contribution in [2.24, 2.45) is 0 Å². The Balaban J connectivity index is 2.56. The summed E-state index contributed by atoms with van der Waals surface area (Å²) in [6.07, 6.45) is 6.36. The molecule has 2 atom stereocenters. The average Bonchev–Trinajstić information content (AvgIpc) is 2.04. The van der Waals surface area contributed by atoms with Crippen molar-refractivity contribution >= 4 is 5.78 Å². The Kier molecular flexibility index (Phi) is 3.23. The maximum Gasteiger partial charge on any atom is 0.138 e. The lowest BCUT2D eigenvalue weighted by atomic mass is 10.0. The Labute approximate surface area is 72.9 Å². The van der Waals surface area contributed by atoms with Gasteiger partial charge in [-0.05, 0) is 6.92 Å². The molecule has 0 aromatic heterocycles. The van der Waals surface area contributed by atoms with Crippen molar-refractivity contribution in [2.45, 2.75) is 32.0 Å². The van der Waals surface area contributed by atoms with E-state index in [1.54, 1.807) is 6.08 Å². The van der Waals surface area contributed by atoms with Gasteiger partial charge in [-0.1, -0.05) is 18.2 Å². The Morgan fingerprint density at radius 2 is 2.17 bits per heavy atom. The van der Waals surface area contributed by atoms with Crippen molar-refractivity contribution in [2.75, 3.05) is 0 Å². The van der Waals surface area contributed by atoms with Crippen molar-refractivity contribution in [3.8, 4) is 0 Å². The zero-order valence-corrected chi connectivity index (χ0v) is 7.32. The van der Waals surface area contributed by atoms with E-state index >= 15 is 0 Å². The summed E-state index contributed by atoms with van der Waals surface area (Å²) in [5, 5.41) is 0. The molecule has 0 N–H and O–H groups in total. The summed E-state index contributed by atoms with van der Waals surface area (Å²) in [6, 6.07) is 0. The van der Waals surface area contributed by atoms with Gasteiger partial charge in [0, 0.05) is 12.8 Å². The second kappa shape index (κ2) is 4.21. The molecule has 1 fully saturated rings. The fraction of sp³-hybridized carbons (Fsp3) is 0.500. The molecule has 0 bridgehead atoms. The van der Waals surface area contributed by atoms with Crippen molar-refractivity contribution in [3.05, 3.63) is 24.8 Å². The lowest BCUT2D eigenvalue weighted by molar-refractivity contribution is -0.129. The van der Waals surface area contributed by atoms with Crippen LogP contribution in [0, 0.1) is 0 Å². The molecular weight excluding hydrogens is 152 g/mol. The summed E-state index contributed by atoms with van der Waals surface area (Å²) in [5.41, 5.74) is 0. The number of Topliss-reactive ketones (excluding diaryl/α,β-unsaturated/α-hetero) is 1. The summed E-state index contributed by atoms with van der Waals surface area (Å²) in [5.74, 6) is 0.259. The van der Waals surface area contributed by atoms with Crippen molar-refractivity contribution in [1.82, 2.24) is 0 Å². The Morgan fingerprint density at radius 1 is 1.50 bits per heavy atom. The molecule has 0 unspecified atom stereocenters. The van der Waals surface area contributed by atoms with Crippen LogP contribution in [0.3, 0.4) is 0 Å². The fourth-order valence-electron chi connectivity index (χ4n) is 1.32. The summed E-state index contributed by atoms with van der Waals surface area (Å²) >= 11 is 0. The Morgan fingerprint density at radius 3 is 2.75 bits per heavy atom. The van der Waals surface area contributed by atoms with E-state index < -0.39 is 0 Å². The van der Waals surface area contributed by atoms with Gasteiger partial charge >= 0.3 is 0 Å². The Hall–Kier alpha value is -0.890. The fourth-order valence-corrected chi connectivity index (χ4v) is 1.32. The molecule has 0 saturated carbocycles. The molecule has 1 rings (SSSR count). The molecular formula is C10H14O2. The lowest BCUT2D eigenvalue weighted by Gasteiger charge is -2.24. The summed E-state index contributed by atoms with van der Waals surface area (Å²) in [7, 11) is 0. The third kappa shape index (κ3) is 2.31. The first-order valence-electron chi connectivity index (χ1n) is 4.18. The zero-order chi connectivity index (χ0) is 8.97. The quantitative estimate of drug-likeness (QED) is 0.585. The highest BCUT2D eigenvalue weighted by Gasteiger charge is 2.23. The highest BCUT2D eigenvalue weighted by molar-refractivity contribution is 5.80. The zero-order valence-electron chi connectivity index (χ0n) is 7.32. The summed E-state index contributed by atoms with van der Waals surface area (Å²) in [4.78, 5) is 11.2. The van der Waals surface area contributed by atoms with E-state index in [2.05, 4.69) is 6.58 Å². The smallest absolute Gasteiger partial charge is 0.138 e. The molecule has 0 aliphatic carbocycles. The maximum atomic E-state index is 11.2. The first-order chi connectivity index (χ1) is 5.76. The summed E-state index contributed by atoms with van der Waals surface area (Å²) < 4.78 is 5.52. The van der Waals surface area contributed by atoms with Gasteiger partial charge in [0.1, 0.15) is 5.78 Å². The molecule has 1 aliphatic rings. The van der Waals surface area contributed by atoms with Crippen molar-refractivity contribution in [1.29, 1.82) is 0 Å². The highest BCUT2D eigenvalue weighted by Crippen LogP contribution is 2.17. The second-order valence-corrected chi connectivity index (χ2v) is 2.92. The normalized spacial score (nSPS) is 30.9. The molecule has 1 aliphatic heterocycles. The van der Waals surface area contributed by atoms with Gasteiger partial charge in [0.15, 0.2) is 0 Å². The summed E-state index contributed by atoms with van der Waals surface area (Å²) in [6.45, 7) is 5.53. The number of carbonyl (C=O) groups excluding carboxylic acids is 1. The van der Waals surface area contributed by atoms with E-state index in [1.807, 2.05) is 19.1 Å². The molecule has 12 heavy (non-hydrogen) atoms. The van der Waals surface area contributed by atoms with Crippen LogP contribution in [0.5, 0.6) is 0 Å². The molecule has 0 aromatic carbocycles. The van der Waals surface area contributed by atoms with Gasteiger partial charge in [-0.25, -0.2) is 0 Å². The van der Waals surface area contributed by atoms with Gasteiger partial charge < -0.3 is 4.74 Å². The largest absolute Gasteiger partial charge is 0.366 e. The van der Waals surface area contributed by atoms with Crippen LogP contribution in [0.15, 0.2) is 24.8 Å². The van der Waals surface area contributed by atoms with E-state index in [0.29, 0.717) is 12.8 Å². The predicted molar refractivity (Wildman–Crippen MR) is 47.9 cm³/mol. The SMILES string of the molecule is C=C[C@H]1CC(=O)C[C@@H](/C=C\C)O1. The standard InChI is InChI=1S/C10H14O2/c1-3-5-10-7-8(11)6-9(4-2)12-10/h3-5,9-10H,2,6-7H2,1H3/b5-3-/t9-,10+/m0/s1. The molecule has 66 valence electrons. The van der Waals surface area contributed by atoms with Gasteiger partial charge in [-0.2, -0.15) is 0 Å². The van der Waals surface area contributed by atoms with E-state index in [4.69, 9.17) is 4.74 Å². The molecule has 0 aromatic rings. The second-order valence-electron chi connectivity index (χ2n) is 2.92. The molecule has 0 amide bonds. The maximum absolute atomic E-state index is 11.2. The van der Waals surface area contributed by atoms with E-state index in [1.165, 1.54) is 0 Å². The molecule has 2 nitrogen and oxygen atoms in total. The topological polar surface area (TPSA) is 26.3 Å². The van der Waals surface area contributed by atoms with E-state index in [0.717, 1.165) is 0 Å². The minimum atomic E-state index is -0.0903. The molecule has 1 heterocycles. The first kappa shape index (κ1) is 9.20. The predicted octanol–water partition coefficient (Wildman–Crippen LogP) is 1.87. The van der Waals surface area contributed by atoms with Gasteiger partial charge in [0.05, 0.1) is 12.2 Å². The van der Waals surface area contributed by atoms with E-state index in [-0.39, 0.29) is 18.0 Å². The van der Waals surface area contributed by atoms with Crippen LogP contribution in [-0.2, 0) is 9.53 Å². The first-order valence-corrected chi connectivity index (χ1v) is 4.18. The third-order valence-electron chi connectivity index (χ3n) is 1.88. The number of rotatable bonds is 2. The van der Waals surface area contributed by atoms with Crippen LogP contribution in [0.1, 0.15) is 19.8 Å². The number of carbonyl (C=O) groups is 1. The van der Waals surface area contributed by atoms with Crippen LogP contribution in [0.25, 0.3) is 0 Å². The van der Waals surface area contributed by atoms with Crippen LogP contribution in [0.2, 0.25) is 0 Å². The highest BCUT2D eigenvalue weighted by atomic mass is 16.5. The number of ketones is 1. The third-order valence-corrected chi connectivity index (χ3v) is 1.88. The number of hydrogen-bond acceptors (Lipinski definition) is 2. The van der Waals surface area contributed by atoms with Gasteiger partial charge in [0.25, 0.3) is 0 Å². The Bertz CT molecular complexity index is 206. The molecule has 0 spiro atoms. The number of ether oxygens (including phenoxy) is 1. The number of allylic oxidation sites excluding steroid dienone is 1. The molecule has 2 heteroatoms. The molecule has 0 radical (unpaired) electrons. The van der Waals surface area contributed by atoms with Crippen LogP contribution in [0.4, 0.5) is 0 Å². The van der Waals surface area contributed by atoms with Gasteiger partial charge in [0.2, 0.25) is 0 Å². The minimum Gasteiger partial charge on any atom is -0.366 e. The molecule has 1 saturated heterocycles. The van der Waals surface area contributed by atoms with E-state index in [9.17, 15) is 4.79 Å². The monoisotopic (exact) mass is 166 g/mol. The van der Waals surface area contributed by atoms with Crippen LogP contribution >= 0.6 is 0 Å². The van der Waals surface area contributed by atoms with Gasteiger partial charge in [-0.15, -0.1) is 6.58 Å². The van der Waals surface area contributed by atoms with Crippen LogP contribution < -0.4 is 0 Å². The van der Waals surface area contributed by atoms with Crippen molar-refractivity contribution in [3.63, 3.8) is 0 Å². The van der Waals surface area contributed by atoms with Crippen LogP contribution in [-0.4, -0.2) is 18.0 Å². The lowest BCUT2D eigenvalue weighted by Crippen LogP contribution is -2.30. The van der Waals surface area contributed by atoms with Crippen molar-refractivity contribution < 1.29 is 9.53 Å². The number of hydrogen-bond donors (Lipinski definition) is 0. The van der Waals surface area contributed by atoms with Gasteiger partial charge in [-0.3, -0.25) is 4.79 Å². The minimum absolute atomic E-state index is 0.0424. The average molecular weight is 166 g/mol.